The minimum absolute atomic E-state index is 0.200. The van der Waals surface area contributed by atoms with Crippen LogP contribution in [0.2, 0.25) is 0 Å². The quantitative estimate of drug-likeness (QED) is 0.363. The van der Waals surface area contributed by atoms with Gasteiger partial charge in [-0.1, -0.05) is 25.3 Å². The molecule has 0 saturated heterocycles. The Balaban J connectivity index is 3.89. The van der Waals surface area contributed by atoms with Gasteiger partial charge in [-0.05, 0) is 20.3 Å². The van der Waals surface area contributed by atoms with Crippen molar-refractivity contribution in [2.75, 3.05) is 6.61 Å². The second-order valence-corrected chi connectivity index (χ2v) is 3.92. The molecule has 92 valence electrons. The van der Waals surface area contributed by atoms with Gasteiger partial charge in [0.2, 0.25) is 0 Å². The molecule has 3 heteroatoms. The van der Waals surface area contributed by atoms with E-state index in [-0.39, 0.29) is 11.8 Å². The molecular formula is C13H22O3. The zero-order valence-electron chi connectivity index (χ0n) is 10.5. The normalized spacial score (nSPS) is 11.3. The number of unbranched alkanes of at least 4 members (excludes halogenated alkanes) is 2. The number of ketones is 1. The molecule has 0 amide bonds. The molecule has 0 rings (SSSR count). The van der Waals surface area contributed by atoms with E-state index in [1.54, 1.807) is 13.8 Å². The molecule has 0 spiro atoms. The number of rotatable bonds is 8. The Kier molecular flexibility index (Phi) is 8.49. The maximum Gasteiger partial charge on any atom is 0.330 e. The highest BCUT2D eigenvalue weighted by molar-refractivity contribution is 5.86. The number of hydrogen-bond donors (Lipinski definition) is 0. The lowest BCUT2D eigenvalue weighted by Crippen LogP contribution is -2.03. The van der Waals surface area contributed by atoms with Crippen molar-refractivity contribution in [3.8, 4) is 0 Å². The first kappa shape index (κ1) is 14.9. The van der Waals surface area contributed by atoms with Gasteiger partial charge in [-0.15, -0.1) is 0 Å². The van der Waals surface area contributed by atoms with Gasteiger partial charge in [0, 0.05) is 18.9 Å². The molecule has 3 nitrogen and oxygen atoms in total. The second kappa shape index (κ2) is 9.13. The average molecular weight is 226 g/mol. The van der Waals surface area contributed by atoms with E-state index in [2.05, 4.69) is 6.92 Å². The molecule has 0 heterocycles. The zero-order valence-corrected chi connectivity index (χ0v) is 10.5. The lowest BCUT2D eigenvalue weighted by molar-refractivity contribution is -0.137. The molecule has 0 saturated carbocycles. The van der Waals surface area contributed by atoms with Crippen molar-refractivity contribution in [3.05, 3.63) is 11.6 Å². The molecule has 0 aromatic carbocycles. The Morgan fingerprint density at radius 1 is 1.19 bits per heavy atom. The van der Waals surface area contributed by atoms with Gasteiger partial charge in [-0.2, -0.15) is 0 Å². The van der Waals surface area contributed by atoms with Crippen LogP contribution in [0.3, 0.4) is 0 Å². The van der Waals surface area contributed by atoms with Gasteiger partial charge in [-0.25, -0.2) is 4.79 Å². The highest BCUT2D eigenvalue weighted by Gasteiger charge is 2.04. The molecule has 0 atom stereocenters. The molecule has 0 N–H and O–H groups in total. The molecule has 0 aromatic heterocycles. The number of hydrogen-bond acceptors (Lipinski definition) is 3. The van der Waals surface area contributed by atoms with Gasteiger partial charge < -0.3 is 4.74 Å². The van der Waals surface area contributed by atoms with E-state index in [9.17, 15) is 9.59 Å². The number of carbonyl (C=O) groups is 2. The number of Topliss-reactive ketones (excluding diaryl/α,β-unsaturated/α-hetero) is 1. The lowest BCUT2D eigenvalue weighted by Gasteiger charge is -2.01. The van der Waals surface area contributed by atoms with Crippen molar-refractivity contribution in [1.29, 1.82) is 0 Å². The number of ether oxygens (including phenoxy) is 1. The van der Waals surface area contributed by atoms with Crippen LogP contribution in [0, 0.1) is 0 Å². The van der Waals surface area contributed by atoms with Crippen LogP contribution in [0.4, 0.5) is 0 Å². The molecular weight excluding hydrogens is 204 g/mol. The summed E-state index contributed by atoms with van der Waals surface area (Å²) in [6.45, 7) is 6.02. The first-order chi connectivity index (χ1) is 7.60. The standard InChI is InChI=1S/C13H22O3/c1-4-6-7-8-12(14)9-11(3)10-13(15)16-5-2/h10H,4-9H2,1-3H3. The smallest absolute Gasteiger partial charge is 0.330 e. The van der Waals surface area contributed by atoms with Gasteiger partial charge in [0.15, 0.2) is 0 Å². The summed E-state index contributed by atoms with van der Waals surface area (Å²) in [7, 11) is 0. The van der Waals surface area contributed by atoms with Gasteiger partial charge >= 0.3 is 5.97 Å². The van der Waals surface area contributed by atoms with Crippen molar-refractivity contribution >= 4 is 11.8 Å². The Morgan fingerprint density at radius 3 is 2.44 bits per heavy atom. The van der Waals surface area contributed by atoms with Crippen LogP contribution in [-0.4, -0.2) is 18.4 Å². The van der Waals surface area contributed by atoms with Crippen molar-refractivity contribution in [2.45, 2.75) is 52.9 Å². The molecule has 0 aromatic rings. The summed E-state index contributed by atoms with van der Waals surface area (Å²) in [5.41, 5.74) is 0.778. The number of allylic oxidation sites excluding steroid dienone is 1. The summed E-state index contributed by atoms with van der Waals surface area (Å²) in [6, 6.07) is 0. The lowest BCUT2D eigenvalue weighted by atomic mass is 10.1. The zero-order chi connectivity index (χ0) is 12.4. The summed E-state index contributed by atoms with van der Waals surface area (Å²) in [5, 5.41) is 0. The van der Waals surface area contributed by atoms with Crippen molar-refractivity contribution in [3.63, 3.8) is 0 Å². The monoisotopic (exact) mass is 226 g/mol. The van der Waals surface area contributed by atoms with Crippen molar-refractivity contribution in [2.24, 2.45) is 0 Å². The Labute approximate surface area is 97.9 Å². The van der Waals surface area contributed by atoms with E-state index in [1.165, 1.54) is 6.08 Å². The van der Waals surface area contributed by atoms with E-state index in [0.29, 0.717) is 19.4 Å². The van der Waals surface area contributed by atoms with Crippen molar-refractivity contribution < 1.29 is 14.3 Å². The van der Waals surface area contributed by atoms with E-state index >= 15 is 0 Å². The van der Waals surface area contributed by atoms with Crippen LogP contribution < -0.4 is 0 Å². The Hall–Kier alpha value is -1.12. The van der Waals surface area contributed by atoms with E-state index in [0.717, 1.165) is 24.8 Å². The van der Waals surface area contributed by atoms with Crippen LogP contribution >= 0.6 is 0 Å². The highest BCUT2D eigenvalue weighted by atomic mass is 16.5. The third-order valence-corrected chi connectivity index (χ3v) is 2.19. The fraction of sp³-hybridized carbons (Fsp3) is 0.692. The largest absolute Gasteiger partial charge is 0.463 e. The molecule has 0 bridgehead atoms. The Morgan fingerprint density at radius 2 is 1.88 bits per heavy atom. The molecule has 0 aliphatic rings. The molecule has 16 heavy (non-hydrogen) atoms. The Bertz CT molecular complexity index is 254. The molecule has 0 radical (unpaired) electrons. The summed E-state index contributed by atoms with van der Waals surface area (Å²) >= 11 is 0. The first-order valence-corrected chi connectivity index (χ1v) is 5.95. The predicted octanol–water partition coefficient (Wildman–Crippen LogP) is 3.04. The topological polar surface area (TPSA) is 43.4 Å². The average Bonchev–Trinajstić information content (AvgIpc) is 2.17. The summed E-state index contributed by atoms with van der Waals surface area (Å²) in [6.07, 6.45) is 5.53. The highest BCUT2D eigenvalue weighted by Crippen LogP contribution is 2.07. The molecule has 0 aliphatic carbocycles. The first-order valence-electron chi connectivity index (χ1n) is 5.95. The third-order valence-electron chi connectivity index (χ3n) is 2.19. The maximum absolute atomic E-state index is 11.5. The van der Waals surface area contributed by atoms with Crippen LogP contribution in [0.1, 0.15) is 52.9 Å². The van der Waals surface area contributed by atoms with Crippen molar-refractivity contribution in [1.82, 2.24) is 0 Å². The summed E-state index contributed by atoms with van der Waals surface area (Å²) < 4.78 is 4.77. The summed E-state index contributed by atoms with van der Waals surface area (Å²) in [5.74, 6) is -0.159. The fourth-order valence-electron chi connectivity index (χ4n) is 1.41. The second-order valence-electron chi connectivity index (χ2n) is 3.92. The van der Waals surface area contributed by atoms with E-state index < -0.39 is 0 Å². The minimum Gasteiger partial charge on any atom is -0.463 e. The van der Waals surface area contributed by atoms with Crippen LogP contribution in [0.25, 0.3) is 0 Å². The SMILES string of the molecule is CCCCCC(=O)CC(C)=CC(=O)OCC. The van der Waals surface area contributed by atoms with Gasteiger partial charge in [0.25, 0.3) is 0 Å². The molecule has 0 unspecified atom stereocenters. The predicted molar refractivity (Wildman–Crippen MR) is 64.2 cm³/mol. The van der Waals surface area contributed by atoms with Gasteiger partial charge in [0.1, 0.15) is 5.78 Å². The van der Waals surface area contributed by atoms with Crippen LogP contribution in [0.15, 0.2) is 11.6 Å². The van der Waals surface area contributed by atoms with Gasteiger partial charge in [-0.3, -0.25) is 4.79 Å². The van der Waals surface area contributed by atoms with E-state index in [1.807, 2.05) is 0 Å². The number of esters is 1. The van der Waals surface area contributed by atoms with Crippen LogP contribution in [0.5, 0.6) is 0 Å². The molecule has 0 aliphatic heterocycles. The fourth-order valence-corrected chi connectivity index (χ4v) is 1.41. The third kappa shape index (κ3) is 8.21. The maximum atomic E-state index is 11.5. The van der Waals surface area contributed by atoms with E-state index in [4.69, 9.17) is 4.74 Å². The molecule has 0 fully saturated rings. The number of carbonyl (C=O) groups excluding carboxylic acids is 2. The summed E-state index contributed by atoms with van der Waals surface area (Å²) in [4.78, 5) is 22.6. The van der Waals surface area contributed by atoms with Gasteiger partial charge in [0.05, 0.1) is 6.61 Å². The minimum atomic E-state index is -0.360. The van der Waals surface area contributed by atoms with Crippen LogP contribution in [-0.2, 0) is 14.3 Å².